The second kappa shape index (κ2) is 6.55. The van der Waals surface area contributed by atoms with E-state index in [1.807, 2.05) is 0 Å². The molecule has 1 aromatic rings. The molecule has 7 nitrogen and oxygen atoms in total. The Labute approximate surface area is 155 Å². The lowest BCUT2D eigenvalue weighted by Crippen LogP contribution is -2.53. The molecule has 5 atom stereocenters. The molecule has 0 spiro atoms. The van der Waals surface area contributed by atoms with Gasteiger partial charge in [0, 0.05) is 18.1 Å². The summed E-state index contributed by atoms with van der Waals surface area (Å²) in [5.74, 6) is -0.468. The Balaban J connectivity index is 1.49. The second-order valence-electron chi connectivity index (χ2n) is 6.92. The smallest absolute Gasteiger partial charge is 0.309 e. The zero-order chi connectivity index (χ0) is 18.4. The monoisotopic (exact) mass is 378 g/mol. The summed E-state index contributed by atoms with van der Waals surface area (Å²) in [6.07, 6.45) is -0.832. The van der Waals surface area contributed by atoms with Crippen molar-refractivity contribution in [1.29, 1.82) is 0 Å². The number of methoxy groups -OCH3 is 1. The quantitative estimate of drug-likeness (QED) is 0.785. The van der Waals surface area contributed by atoms with Gasteiger partial charge in [0.25, 0.3) is 5.91 Å². The van der Waals surface area contributed by atoms with E-state index in [0.717, 1.165) is 0 Å². The lowest BCUT2D eigenvalue weighted by molar-refractivity contribution is -0.156. The molecule has 1 aliphatic carbocycles. The molecule has 0 radical (unpaired) electrons. The third-order valence-electron chi connectivity index (χ3n) is 5.48. The summed E-state index contributed by atoms with van der Waals surface area (Å²) < 4.78 is 10.4. The predicted molar refractivity (Wildman–Crippen MR) is 91.1 cm³/mol. The maximum absolute atomic E-state index is 13.0. The molecule has 1 aromatic carbocycles. The number of likely N-dealkylation sites (tertiary alicyclic amines) is 1. The summed E-state index contributed by atoms with van der Waals surface area (Å²) in [5.41, 5.74) is 0.650. The molecule has 4 rings (SSSR count). The molecule has 2 heterocycles. The number of nitrogens with one attached hydrogen (secondary N) is 1. The van der Waals surface area contributed by atoms with Crippen LogP contribution in [0.25, 0.3) is 0 Å². The number of ether oxygens (including phenoxy) is 2. The van der Waals surface area contributed by atoms with Gasteiger partial charge >= 0.3 is 5.97 Å². The van der Waals surface area contributed by atoms with Crippen LogP contribution in [0.2, 0.25) is 5.02 Å². The highest BCUT2D eigenvalue weighted by Gasteiger charge is 2.61. The highest BCUT2D eigenvalue weighted by atomic mass is 35.5. The number of hydrogen-bond donors (Lipinski definition) is 1. The average Bonchev–Trinajstić information content (AvgIpc) is 3.14. The van der Waals surface area contributed by atoms with Gasteiger partial charge in [0.2, 0.25) is 5.91 Å². The Hall–Kier alpha value is -2.12. The molecule has 1 N–H and O–H groups in total. The number of carbonyl (C=O) groups excluding carboxylic acids is 3. The van der Waals surface area contributed by atoms with Gasteiger partial charge in [-0.15, -0.1) is 0 Å². The van der Waals surface area contributed by atoms with Crippen LogP contribution < -0.4 is 5.32 Å². The van der Waals surface area contributed by atoms with Crippen molar-refractivity contribution >= 4 is 29.4 Å². The topological polar surface area (TPSA) is 84.9 Å². The fourth-order valence-electron chi connectivity index (χ4n) is 4.11. The molecule has 138 valence electrons. The molecular weight excluding hydrogens is 360 g/mol. The van der Waals surface area contributed by atoms with Crippen molar-refractivity contribution in [3.63, 3.8) is 0 Å². The summed E-state index contributed by atoms with van der Waals surface area (Å²) in [4.78, 5) is 38.2. The van der Waals surface area contributed by atoms with Gasteiger partial charge in [0.1, 0.15) is 6.61 Å². The number of piperidine rings is 1. The van der Waals surface area contributed by atoms with Gasteiger partial charge in [0.15, 0.2) is 6.10 Å². The molecule has 0 aromatic heterocycles. The zero-order valence-corrected chi connectivity index (χ0v) is 14.9. The first kappa shape index (κ1) is 17.3. The van der Waals surface area contributed by atoms with Crippen LogP contribution in [-0.2, 0) is 23.9 Å². The van der Waals surface area contributed by atoms with Crippen molar-refractivity contribution in [2.24, 2.45) is 17.8 Å². The molecule has 26 heavy (non-hydrogen) atoms. The van der Waals surface area contributed by atoms with Crippen LogP contribution in [0.5, 0.6) is 0 Å². The fraction of sp³-hybridized carbons (Fsp3) is 0.500. The van der Waals surface area contributed by atoms with E-state index in [4.69, 9.17) is 21.1 Å². The van der Waals surface area contributed by atoms with Crippen LogP contribution in [0.3, 0.4) is 0 Å². The first-order valence-electron chi connectivity index (χ1n) is 8.53. The largest absolute Gasteiger partial charge is 0.469 e. The summed E-state index contributed by atoms with van der Waals surface area (Å²) in [7, 11) is 1.38. The Bertz CT molecular complexity index is 758. The van der Waals surface area contributed by atoms with Gasteiger partial charge in [0.05, 0.1) is 19.1 Å². The van der Waals surface area contributed by atoms with Crippen LogP contribution in [0.1, 0.15) is 11.6 Å². The van der Waals surface area contributed by atoms with E-state index in [1.54, 1.807) is 29.2 Å². The third-order valence-corrected chi connectivity index (χ3v) is 5.82. The highest BCUT2D eigenvalue weighted by Crippen LogP contribution is 2.52. The number of hydrogen-bond acceptors (Lipinski definition) is 5. The van der Waals surface area contributed by atoms with Crippen molar-refractivity contribution in [2.45, 2.75) is 12.1 Å². The van der Waals surface area contributed by atoms with Crippen molar-refractivity contribution < 1.29 is 23.9 Å². The average molecular weight is 379 g/mol. The first-order valence-corrected chi connectivity index (χ1v) is 8.91. The highest BCUT2D eigenvalue weighted by molar-refractivity contribution is 6.31. The predicted octanol–water partition coefficient (Wildman–Crippen LogP) is 0.774. The van der Waals surface area contributed by atoms with Gasteiger partial charge in [-0.2, -0.15) is 0 Å². The minimum atomic E-state index is -0.832. The van der Waals surface area contributed by atoms with Crippen molar-refractivity contribution in [3.05, 3.63) is 34.9 Å². The number of carbonyl (C=O) groups is 3. The molecule has 1 unspecified atom stereocenters. The molecule has 2 aliphatic heterocycles. The number of benzene rings is 1. The maximum atomic E-state index is 13.0. The second-order valence-corrected chi connectivity index (χ2v) is 7.33. The SMILES string of the molecule is COC(=O)C1[C@H]2CN(C(=O)[C@H]3OCC(=O)N[C@@H]3c3ccccc3Cl)C[C@@H]12. The van der Waals surface area contributed by atoms with E-state index in [-0.39, 0.29) is 42.1 Å². The molecule has 3 aliphatic rings. The van der Waals surface area contributed by atoms with Crippen molar-refractivity contribution in [1.82, 2.24) is 10.2 Å². The lowest BCUT2D eigenvalue weighted by atomic mass is 9.98. The maximum Gasteiger partial charge on any atom is 0.309 e. The number of halogens is 1. The standard InChI is InChI=1S/C18H19ClN2O5/c1-25-18(24)14-10-6-21(7-11(10)14)17(23)16-15(20-13(22)8-26-16)9-4-2-3-5-12(9)19/h2-5,10-11,14-16H,6-8H2,1H3,(H,20,22)/t10-,11+,14?,15-,16+/m1/s1. The summed E-state index contributed by atoms with van der Waals surface area (Å²) >= 11 is 6.25. The van der Waals surface area contributed by atoms with Gasteiger partial charge in [-0.1, -0.05) is 29.8 Å². The van der Waals surface area contributed by atoms with E-state index < -0.39 is 12.1 Å². The van der Waals surface area contributed by atoms with Crippen molar-refractivity contribution in [2.75, 3.05) is 26.8 Å². The fourth-order valence-corrected chi connectivity index (χ4v) is 4.36. The van der Waals surface area contributed by atoms with Gasteiger partial charge in [-0.05, 0) is 23.5 Å². The summed E-state index contributed by atoms with van der Waals surface area (Å²) in [6, 6.07) is 6.44. The van der Waals surface area contributed by atoms with E-state index in [1.165, 1.54) is 7.11 Å². The normalized spacial score (nSPS) is 32.6. The van der Waals surface area contributed by atoms with Crippen LogP contribution >= 0.6 is 11.6 Å². The summed E-state index contributed by atoms with van der Waals surface area (Å²) in [5, 5.41) is 3.29. The number of esters is 1. The molecule has 1 saturated carbocycles. The van der Waals surface area contributed by atoms with E-state index in [9.17, 15) is 14.4 Å². The van der Waals surface area contributed by atoms with Crippen LogP contribution in [0.15, 0.2) is 24.3 Å². The van der Waals surface area contributed by atoms with Crippen molar-refractivity contribution in [3.8, 4) is 0 Å². The number of nitrogens with zero attached hydrogens (tertiary/aromatic N) is 1. The molecule has 0 bridgehead atoms. The summed E-state index contributed by atoms with van der Waals surface area (Å²) in [6.45, 7) is 0.849. The van der Waals surface area contributed by atoms with Crippen LogP contribution in [0.4, 0.5) is 0 Å². The van der Waals surface area contributed by atoms with Crippen LogP contribution in [0, 0.1) is 17.8 Å². The minimum Gasteiger partial charge on any atom is -0.469 e. The molecule has 2 amide bonds. The Morgan fingerprint density at radius 1 is 1.27 bits per heavy atom. The molecule has 3 fully saturated rings. The van der Waals surface area contributed by atoms with Gasteiger partial charge in [-0.25, -0.2) is 0 Å². The Morgan fingerprint density at radius 3 is 2.62 bits per heavy atom. The number of fused-ring (bicyclic) bond motifs is 1. The molecule has 2 saturated heterocycles. The first-order chi connectivity index (χ1) is 12.5. The van der Waals surface area contributed by atoms with Gasteiger partial charge in [-0.3, -0.25) is 14.4 Å². The number of rotatable bonds is 3. The van der Waals surface area contributed by atoms with E-state index in [2.05, 4.69) is 5.32 Å². The van der Waals surface area contributed by atoms with E-state index >= 15 is 0 Å². The van der Waals surface area contributed by atoms with Crippen LogP contribution in [-0.4, -0.2) is 55.6 Å². The van der Waals surface area contributed by atoms with E-state index in [0.29, 0.717) is 23.7 Å². The minimum absolute atomic E-state index is 0.101. The Morgan fingerprint density at radius 2 is 1.96 bits per heavy atom. The third kappa shape index (κ3) is 2.85. The molecule has 8 heteroatoms. The number of amides is 2. The Kier molecular flexibility index (Phi) is 4.36. The molecular formula is C18H19ClN2O5. The zero-order valence-electron chi connectivity index (χ0n) is 14.2. The lowest BCUT2D eigenvalue weighted by Gasteiger charge is -2.35. The van der Waals surface area contributed by atoms with Gasteiger partial charge < -0.3 is 19.7 Å². The number of morpholine rings is 1.